The van der Waals surface area contributed by atoms with Crippen LogP contribution in [0.3, 0.4) is 0 Å². The largest absolute Gasteiger partial charge is 0.432 e. The molecular formula is C13H17N3O. The Morgan fingerprint density at radius 1 is 1.29 bits per heavy atom. The van der Waals surface area contributed by atoms with E-state index in [0.29, 0.717) is 6.01 Å². The van der Waals surface area contributed by atoms with Crippen molar-refractivity contribution in [2.45, 2.75) is 26.8 Å². The molecular weight excluding hydrogens is 214 g/mol. The van der Waals surface area contributed by atoms with Crippen molar-refractivity contribution in [1.82, 2.24) is 4.98 Å². The molecule has 1 unspecified atom stereocenters. The van der Waals surface area contributed by atoms with Gasteiger partial charge in [0.1, 0.15) is 6.26 Å². The quantitative estimate of drug-likeness (QED) is 0.852. The maximum atomic E-state index is 5.71. The first-order valence-corrected chi connectivity index (χ1v) is 5.61. The van der Waals surface area contributed by atoms with E-state index in [-0.39, 0.29) is 6.04 Å². The molecule has 1 atom stereocenters. The highest BCUT2D eigenvalue weighted by Crippen LogP contribution is 2.20. The summed E-state index contributed by atoms with van der Waals surface area (Å²) in [5.41, 5.74) is 9.92. The minimum absolute atomic E-state index is 0.117. The number of nitrogens with one attached hydrogen (secondary N) is 1. The highest BCUT2D eigenvalue weighted by Gasteiger charge is 2.07. The summed E-state index contributed by atoms with van der Waals surface area (Å²) < 4.78 is 5.30. The predicted octanol–water partition coefficient (Wildman–Crippen LogP) is 3.05. The number of nitrogens with zero attached hydrogens (tertiary/aromatic N) is 1. The van der Waals surface area contributed by atoms with E-state index in [2.05, 4.69) is 36.3 Å². The van der Waals surface area contributed by atoms with Crippen LogP contribution in [-0.2, 0) is 0 Å². The Balaban J connectivity index is 2.16. The van der Waals surface area contributed by atoms with Gasteiger partial charge in [0.15, 0.2) is 0 Å². The first-order chi connectivity index (χ1) is 8.06. The Kier molecular flexibility index (Phi) is 3.15. The fraction of sp³-hybridized carbons (Fsp3) is 0.308. The van der Waals surface area contributed by atoms with Crippen molar-refractivity contribution in [3.05, 3.63) is 41.3 Å². The van der Waals surface area contributed by atoms with Crippen LogP contribution in [0.25, 0.3) is 0 Å². The molecule has 90 valence electrons. The molecule has 1 heterocycles. The number of oxazole rings is 1. The van der Waals surface area contributed by atoms with Gasteiger partial charge in [0.2, 0.25) is 0 Å². The van der Waals surface area contributed by atoms with E-state index in [9.17, 15) is 0 Å². The Morgan fingerprint density at radius 2 is 2.06 bits per heavy atom. The number of nitrogens with two attached hydrogens (primary N) is 1. The lowest BCUT2D eigenvalue weighted by Gasteiger charge is -2.05. The normalized spacial score (nSPS) is 12.5. The fourth-order valence-electron chi connectivity index (χ4n) is 1.50. The van der Waals surface area contributed by atoms with Crippen LogP contribution in [0.2, 0.25) is 0 Å². The Bertz CT molecular complexity index is 517. The summed E-state index contributed by atoms with van der Waals surface area (Å²) in [5.74, 6) is 0. The molecule has 0 radical (unpaired) electrons. The van der Waals surface area contributed by atoms with Crippen LogP contribution in [0.15, 0.2) is 28.9 Å². The molecule has 2 aromatic rings. The molecule has 0 fully saturated rings. The smallest absolute Gasteiger partial charge is 0.299 e. The first kappa shape index (κ1) is 11.7. The number of hydrogen-bond donors (Lipinski definition) is 2. The molecule has 0 spiro atoms. The average Bonchev–Trinajstić information content (AvgIpc) is 2.72. The van der Waals surface area contributed by atoms with Gasteiger partial charge in [0.25, 0.3) is 6.01 Å². The molecule has 0 bridgehead atoms. The standard InChI is InChI=1S/C13H17N3O/c1-8-4-5-11(6-9(8)2)15-13-16-12(7-17-13)10(3)14/h4-7,10H,14H2,1-3H3,(H,15,16). The third-order valence-electron chi connectivity index (χ3n) is 2.75. The minimum Gasteiger partial charge on any atom is -0.432 e. The number of aromatic nitrogens is 1. The van der Waals surface area contributed by atoms with Crippen molar-refractivity contribution in [3.63, 3.8) is 0 Å². The molecule has 0 aliphatic carbocycles. The van der Waals surface area contributed by atoms with E-state index in [4.69, 9.17) is 10.2 Å². The molecule has 1 aromatic carbocycles. The van der Waals surface area contributed by atoms with E-state index in [1.54, 1.807) is 6.26 Å². The van der Waals surface area contributed by atoms with E-state index in [0.717, 1.165) is 11.4 Å². The number of anilines is 2. The van der Waals surface area contributed by atoms with Gasteiger partial charge in [-0.3, -0.25) is 0 Å². The maximum absolute atomic E-state index is 5.71. The highest BCUT2D eigenvalue weighted by molar-refractivity contribution is 5.54. The predicted molar refractivity (Wildman–Crippen MR) is 68.3 cm³/mol. The molecule has 3 N–H and O–H groups in total. The van der Waals surface area contributed by atoms with Gasteiger partial charge in [-0.15, -0.1) is 0 Å². The summed E-state index contributed by atoms with van der Waals surface area (Å²) in [4.78, 5) is 4.25. The molecule has 17 heavy (non-hydrogen) atoms. The van der Waals surface area contributed by atoms with Gasteiger partial charge in [0.05, 0.1) is 5.69 Å². The number of benzene rings is 1. The number of aryl methyl sites for hydroxylation is 2. The van der Waals surface area contributed by atoms with Gasteiger partial charge in [-0.25, -0.2) is 0 Å². The number of rotatable bonds is 3. The molecule has 0 aliphatic heterocycles. The molecule has 2 rings (SSSR count). The van der Waals surface area contributed by atoms with E-state index < -0.39 is 0 Å². The van der Waals surface area contributed by atoms with Gasteiger partial charge in [-0.05, 0) is 44.0 Å². The van der Waals surface area contributed by atoms with Crippen molar-refractivity contribution >= 4 is 11.7 Å². The van der Waals surface area contributed by atoms with E-state index in [1.807, 2.05) is 13.0 Å². The van der Waals surface area contributed by atoms with Crippen LogP contribution in [0, 0.1) is 13.8 Å². The summed E-state index contributed by atoms with van der Waals surface area (Å²) in [7, 11) is 0. The highest BCUT2D eigenvalue weighted by atomic mass is 16.4. The maximum Gasteiger partial charge on any atom is 0.299 e. The second-order valence-electron chi connectivity index (χ2n) is 4.29. The lowest BCUT2D eigenvalue weighted by atomic mass is 10.1. The molecule has 0 saturated heterocycles. The third kappa shape index (κ3) is 2.65. The Labute approximate surface area is 101 Å². The zero-order chi connectivity index (χ0) is 12.4. The lowest BCUT2D eigenvalue weighted by Crippen LogP contribution is -2.05. The SMILES string of the molecule is Cc1ccc(Nc2nc(C(C)N)co2)cc1C. The molecule has 0 saturated carbocycles. The van der Waals surface area contributed by atoms with Crippen molar-refractivity contribution in [2.75, 3.05) is 5.32 Å². The second-order valence-corrected chi connectivity index (χ2v) is 4.29. The van der Waals surface area contributed by atoms with Gasteiger partial charge >= 0.3 is 0 Å². The molecule has 4 nitrogen and oxygen atoms in total. The number of hydrogen-bond acceptors (Lipinski definition) is 4. The summed E-state index contributed by atoms with van der Waals surface area (Å²) in [6.45, 7) is 6.03. The third-order valence-corrected chi connectivity index (χ3v) is 2.75. The molecule has 0 aliphatic rings. The van der Waals surface area contributed by atoms with Crippen molar-refractivity contribution < 1.29 is 4.42 Å². The summed E-state index contributed by atoms with van der Waals surface area (Å²) in [6.07, 6.45) is 1.58. The average molecular weight is 231 g/mol. The molecule has 4 heteroatoms. The second kappa shape index (κ2) is 4.59. The van der Waals surface area contributed by atoms with Crippen LogP contribution >= 0.6 is 0 Å². The van der Waals surface area contributed by atoms with Gasteiger partial charge < -0.3 is 15.5 Å². The van der Waals surface area contributed by atoms with Gasteiger partial charge in [-0.1, -0.05) is 6.07 Å². The lowest BCUT2D eigenvalue weighted by molar-refractivity contribution is 0.573. The van der Waals surface area contributed by atoms with Crippen LogP contribution < -0.4 is 11.1 Å². The molecule has 0 amide bonds. The summed E-state index contributed by atoms with van der Waals surface area (Å²) in [5, 5.41) is 3.11. The van der Waals surface area contributed by atoms with Crippen molar-refractivity contribution in [2.24, 2.45) is 5.73 Å². The van der Waals surface area contributed by atoms with E-state index >= 15 is 0 Å². The van der Waals surface area contributed by atoms with Crippen LogP contribution in [0.1, 0.15) is 29.8 Å². The minimum atomic E-state index is -0.117. The van der Waals surface area contributed by atoms with E-state index in [1.165, 1.54) is 11.1 Å². The fourth-order valence-corrected chi connectivity index (χ4v) is 1.50. The Morgan fingerprint density at radius 3 is 2.65 bits per heavy atom. The summed E-state index contributed by atoms with van der Waals surface area (Å²) >= 11 is 0. The summed E-state index contributed by atoms with van der Waals surface area (Å²) in [6, 6.07) is 6.48. The van der Waals surface area contributed by atoms with Crippen LogP contribution in [0.5, 0.6) is 0 Å². The van der Waals surface area contributed by atoms with Gasteiger partial charge in [-0.2, -0.15) is 4.98 Å². The zero-order valence-electron chi connectivity index (χ0n) is 10.3. The van der Waals surface area contributed by atoms with Crippen LogP contribution in [-0.4, -0.2) is 4.98 Å². The molecule has 1 aromatic heterocycles. The van der Waals surface area contributed by atoms with Crippen molar-refractivity contribution in [1.29, 1.82) is 0 Å². The van der Waals surface area contributed by atoms with Gasteiger partial charge in [0, 0.05) is 11.7 Å². The van der Waals surface area contributed by atoms with Crippen molar-refractivity contribution in [3.8, 4) is 0 Å². The first-order valence-electron chi connectivity index (χ1n) is 5.61. The Hall–Kier alpha value is -1.81. The monoisotopic (exact) mass is 231 g/mol. The van der Waals surface area contributed by atoms with Crippen LogP contribution in [0.4, 0.5) is 11.7 Å². The topological polar surface area (TPSA) is 64.1 Å². The zero-order valence-corrected chi connectivity index (χ0v) is 10.3.